The van der Waals surface area contributed by atoms with E-state index < -0.39 is 12.1 Å². The Kier molecular flexibility index (Phi) is 3.14. The van der Waals surface area contributed by atoms with Gasteiger partial charge in [0.1, 0.15) is 0 Å². The van der Waals surface area contributed by atoms with Gasteiger partial charge in [0.15, 0.2) is 0 Å². The molecule has 0 aliphatic heterocycles. The summed E-state index contributed by atoms with van der Waals surface area (Å²) in [6.45, 7) is 1.43. The van der Waals surface area contributed by atoms with Crippen molar-refractivity contribution in [2.75, 3.05) is 0 Å². The molecule has 0 aromatic carbocycles. The molecule has 0 heterocycles. The Balaban J connectivity index is 3.25. The predicted molar refractivity (Wildman–Crippen MR) is 25.0 cm³/mol. The normalized spacial score (nSPS) is 12.9. The van der Waals surface area contributed by atoms with Crippen LogP contribution in [0.3, 0.4) is 0 Å². The highest BCUT2D eigenvalue weighted by Gasteiger charge is 2.05. The third-order valence-corrected chi connectivity index (χ3v) is 0.564. The van der Waals surface area contributed by atoms with Crippen LogP contribution in [0.4, 0.5) is 0 Å². The van der Waals surface area contributed by atoms with Gasteiger partial charge < -0.3 is 9.99 Å². The summed E-state index contributed by atoms with van der Waals surface area (Å²) < 4.78 is 0. The van der Waals surface area contributed by atoms with Crippen molar-refractivity contribution in [1.29, 1.82) is 0 Å². The van der Waals surface area contributed by atoms with Gasteiger partial charge in [-0.25, -0.2) is 4.79 Å². The van der Waals surface area contributed by atoms with E-state index in [1.807, 2.05) is 0 Å². The van der Waals surface area contributed by atoms with Gasteiger partial charge in [0.05, 0.1) is 12.5 Å². The average molecular weight is 120 g/mol. The highest BCUT2D eigenvalue weighted by Crippen LogP contribution is 1.89. The number of carbonyl (C=O) groups is 1. The van der Waals surface area contributed by atoms with Crippen molar-refractivity contribution in [1.82, 2.24) is 0 Å². The van der Waals surface area contributed by atoms with Gasteiger partial charge in [-0.2, -0.15) is 5.26 Å². The van der Waals surface area contributed by atoms with Crippen LogP contribution >= 0.6 is 0 Å². The summed E-state index contributed by atoms with van der Waals surface area (Å²) in [6.07, 6.45) is -0.925. The molecule has 4 heteroatoms. The van der Waals surface area contributed by atoms with Crippen LogP contribution in [0.2, 0.25) is 0 Å². The maximum atomic E-state index is 9.99. The number of hydrogen-bond donors (Lipinski definition) is 2. The molecule has 4 nitrogen and oxygen atoms in total. The molecule has 0 spiro atoms. The second kappa shape index (κ2) is 3.40. The molecular weight excluding hydrogens is 112 g/mol. The Morgan fingerprint density at radius 1 is 1.88 bits per heavy atom. The lowest BCUT2D eigenvalue weighted by molar-refractivity contribution is -0.235. The molecule has 0 aromatic rings. The average Bonchev–Trinajstić information content (AvgIpc) is 1.65. The predicted octanol–water partition coefficient (Wildman–Crippen LogP) is -0.226. The number of aliphatic hydroxyl groups excluding tert-OH is 1. The molecule has 0 fully saturated rings. The largest absolute Gasteiger partial charge is 0.393 e. The maximum Gasteiger partial charge on any atom is 0.344 e. The van der Waals surface area contributed by atoms with Gasteiger partial charge >= 0.3 is 5.97 Å². The number of carbonyl (C=O) groups excluding carboxylic acids is 1. The topological polar surface area (TPSA) is 66.8 Å². The molecule has 0 aromatic heterocycles. The fourth-order valence-electron chi connectivity index (χ4n) is 0.278. The van der Waals surface area contributed by atoms with Crippen molar-refractivity contribution < 1.29 is 20.0 Å². The lowest BCUT2D eigenvalue weighted by Gasteiger charge is -1.97. The van der Waals surface area contributed by atoms with E-state index in [1.165, 1.54) is 6.92 Å². The van der Waals surface area contributed by atoms with E-state index in [2.05, 4.69) is 4.89 Å². The Morgan fingerprint density at radius 3 is 2.50 bits per heavy atom. The number of rotatable bonds is 2. The highest BCUT2D eigenvalue weighted by molar-refractivity contribution is 5.68. The van der Waals surface area contributed by atoms with E-state index in [9.17, 15) is 4.79 Å². The third-order valence-electron chi connectivity index (χ3n) is 0.564. The fourth-order valence-corrected chi connectivity index (χ4v) is 0.278. The summed E-state index contributed by atoms with van der Waals surface area (Å²) in [6, 6.07) is 0. The maximum absolute atomic E-state index is 9.99. The molecule has 48 valence electrons. The molecule has 0 aliphatic carbocycles. The minimum Gasteiger partial charge on any atom is -0.393 e. The van der Waals surface area contributed by atoms with E-state index in [4.69, 9.17) is 10.4 Å². The van der Waals surface area contributed by atoms with Crippen molar-refractivity contribution in [2.24, 2.45) is 0 Å². The minimum absolute atomic E-state index is 0.170. The summed E-state index contributed by atoms with van der Waals surface area (Å²) in [4.78, 5) is 13.3. The summed E-state index contributed by atoms with van der Waals surface area (Å²) in [5.74, 6) is -0.819. The molecule has 0 aliphatic rings. The van der Waals surface area contributed by atoms with E-state index in [0.29, 0.717) is 0 Å². The van der Waals surface area contributed by atoms with Crippen LogP contribution in [0.25, 0.3) is 0 Å². The summed E-state index contributed by atoms with van der Waals surface area (Å²) in [5.41, 5.74) is 0. The molecule has 0 saturated heterocycles. The van der Waals surface area contributed by atoms with Crippen LogP contribution < -0.4 is 0 Å². The second-order valence-electron chi connectivity index (χ2n) is 1.52. The van der Waals surface area contributed by atoms with Crippen molar-refractivity contribution in [3.8, 4) is 0 Å². The Bertz CT molecular complexity index is 78.1. The lowest BCUT2D eigenvalue weighted by Crippen LogP contribution is -2.10. The number of aliphatic hydroxyl groups is 1. The molecule has 1 atom stereocenters. The van der Waals surface area contributed by atoms with Crippen molar-refractivity contribution >= 4 is 5.97 Å². The molecule has 0 saturated carbocycles. The first kappa shape index (κ1) is 7.39. The van der Waals surface area contributed by atoms with Gasteiger partial charge in [0.2, 0.25) is 0 Å². The van der Waals surface area contributed by atoms with Gasteiger partial charge in [-0.1, -0.05) is 0 Å². The molecule has 2 N–H and O–H groups in total. The van der Waals surface area contributed by atoms with Crippen molar-refractivity contribution in [3.63, 3.8) is 0 Å². The first-order chi connectivity index (χ1) is 3.66. The molecule has 0 amide bonds. The first-order valence-electron chi connectivity index (χ1n) is 2.19. The van der Waals surface area contributed by atoms with E-state index in [1.54, 1.807) is 0 Å². The molecular formula is C4H8O4. The van der Waals surface area contributed by atoms with Crippen molar-refractivity contribution in [2.45, 2.75) is 19.4 Å². The van der Waals surface area contributed by atoms with Crippen LogP contribution in [0, 0.1) is 0 Å². The van der Waals surface area contributed by atoms with Crippen LogP contribution in [-0.4, -0.2) is 22.4 Å². The van der Waals surface area contributed by atoms with Gasteiger partial charge in [-0.15, -0.1) is 0 Å². The Labute approximate surface area is 46.6 Å². The van der Waals surface area contributed by atoms with Crippen molar-refractivity contribution in [3.05, 3.63) is 0 Å². The third kappa shape index (κ3) is 3.58. The molecule has 0 bridgehead atoms. The fraction of sp³-hybridized carbons (Fsp3) is 0.750. The van der Waals surface area contributed by atoms with Crippen LogP contribution in [-0.2, 0) is 9.68 Å². The van der Waals surface area contributed by atoms with Gasteiger partial charge in [-0.05, 0) is 6.92 Å². The lowest BCUT2D eigenvalue weighted by atomic mass is 10.3. The summed E-state index contributed by atoms with van der Waals surface area (Å²) in [5, 5.41) is 16.1. The SMILES string of the molecule is CC(O)CC(=O)OO. The van der Waals surface area contributed by atoms with Gasteiger partial charge in [0, 0.05) is 0 Å². The van der Waals surface area contributed by atoms with Gasteiger partial charge in [0.25, 0.3) is 0 Å². The van der Waals surface area contributed by atoms with E-state index in [0.717, 1.165) is 0 Å². The highest BCUT2D eigenvalue weighted by atomic mass is 17.1. The zero-order valence-corrected chi connectivity index (χ0v) is 4.50. The zero-order chi connectivity index (χ0) is 6.57. The standard InChI is InChI=1S/C4H8O4/c1-3(5)2-4(6)8-7/h3,5,7H,2H2,1H3. The summed E-state index contributed by atoms with van der Waals surface area (Å²) >= 11 is 0. The first-order valence-corrected chi connectivity index (χ1v) is 2.19. The molecule has 0 rings (SSSR count). The van der Waals surface area contributed by atoms with Crippen LogP contribution in [0.1, 0.15) is 13.3 Å². The monoisotopic (exact) mass is 120 g/mol. The summed E-state index contributed by atoms with van der Waals surface area (Å²) in [7, 11) is 0. The zero-order valence-electron chi connectivity index (χ0n) is 4.50. The van der Waals surface area contributed by atoms with Crippen LogP contribution in [0.15, 0.2) is 0 Å². The molecule has 0 radical (unpaired) electrons. The minimum atomic E-state index is -0.819. The molecule has 8 heavy (non-hydrogen) atoms. The quantitative estimate of drug-likeness (QED) is 0.390. The Hall–Kier alpha value is -0.610. The van der Waals surface area contributed by atoms with Crippen LogP contribution in [0.5, 0.6) is 0 Å². The van der Waals surface area contributed by atoms with Gasteiger partial charge in [-0.3, -0.25) is 0 Å². The van der Waals surface area contributed by atoms with E-state index in [-0.39, 0.29) is 6.42 Å². The smallest absolute Gasteiger partial charge is 0.344 e. The second-order valence-corrected chi connectivity index (χ2v) is 1.52. The Morgan fingerprint density at radius 2 is 2.38 bits per heavy atom. The van der Waals surface area contributed by atoms with E-state index >= 15 is 0 Å². The molecule has 1 unspecified atom stereocenters. The number of hydrogen-bond acceptors (Lipinski definition) is 4.